The van der Waals surface area contributed by atoms with Crippen LogP contribution in [0.1, 0.15) is 38.5 Å². The van der Waals surface area contributed by atoms with Crippen LogP contribution < -0.4 is 11.1 Å². The number of nitrogens with one attached hydrogen (secondary N) is 1. The van der Waals surface area contributed by atoms with E-state index >= 15 is 0 Å². The monoisotopic (exact) mass is 239 g/mol. The van der Waals surface area contributed by atoms with Crippen LogP contribution in [-0.2, 0) is 4.79 Å². The third kappa shape index (κ3) is 3.96. The Morgan fingerprint density at radius 2 is 2.00 bits per heavy atom. The lowest BCUT2D eigenvalue weighted by Gasteiger charge is -2.38. The van der Waals surface area contributed by atoms with Crippen LogP contribution in [0.2, 0.25) is 0 Å². The second-order valence-electron chi connectivity index (χ2n) is 5.51. The first-order chi connectivity index (χ1) is 8.25. The Morgan fingerprint density at radius 3 is 2.71 bits per heavy atom. The fraction of sp³-hybridized carbons (Fsp3) is 0.923. The molecule has 3 N–H and O–H groups in total. The van der Waals surface area contributed by atoms with Crippen LogP contribution in [0.4, 0.5) is 0 Å². The van der Waals surface area contributed by atoms with Crippen molar-refractivity contribution in [2.24, 2.45) is 11.7 Å². The summed E-state index contributed by atoms with van der Waals surface area (Å²) in [6.45, 7) is 4.62. The van der Waals surface area contributed by atoms with Gasteiger partial charge in [-0.15, -0.1) is 0 Å². The first kappa shape index (κ1) is 12.8. The van der Waals surface area contributed by atoms with E-state index in [1.54, 1.807) is 0 Å². The molecule has 0 bridgehead atoms. The fourth-order valence-corrected chi connectivity index (χ4v) is 3.16. The highest BCUT2D eigenvalue weighted by molar-refractivity contribution is 5.74. The molecular formula is C13H25N3O. The van der Waals surface area contributed by atoms with Crippen molar-refractivity contribution in [2.45, 2.75) is 44.6 Å². The molecule has 0 spiro atoms. The molecule has 1 amide bonds. The minimum atomic E-state index is -0.146. The highest BCUT2D eigenvalue weighted by atomic mass is 16.1. The van der Waals surface area contributed by atoms with E-state index in [4.69, 9.17) is 5.73 Å². The van der Waals surface area contributed by atoms with Crippen LogP contribution in [0, 0.1) is 5.92 Å². The lowest BCUT2D eigenvalue weighted by atomic mass is 9.93. The maximum Gasteiger partial charge on any atom is 0.218 e. The van der Waals surface area contributed by atoms with Gasteiger partial charge in [-0.25, -0.2) is 0 Å². The van der Waals surface area contributed by atoms with E-state index in [-0.39, 0.29) is 5.91 Å². The SMILES string of the molecule is NC(=O)CC1CCCCN1CC1CCNCC1. The number of primary amides is 1. The largest absolute Gasteiger partial charge is 0.370 e. The molecule has 2 saturated heterocycles. The van der Waals surface area contributed by atoms with Crippen molar-refractivity contribution in [2.75, 3.05) is 26.2 Å². The van der Waals surface area contributed by atoms with Crippen LogP contribution in [0.5, 0.6) is 0 Å². The maximum absolute atomic E-state index is 11.1. The zero-order chi connectivity index (χ0) is 12.1. The van der Waals surface area contributed by atoms with Gasteiger partial charge < -0.3 is 11.1 Å². The summed E-state index contributed by atoms with van der Waals surface area (Å²) in [5, 5.41) is 3.40. The number of piperidine rings is 2. The van der Waals surface area contributed by atoms with Crippen LogP contribution in [0.3, 0.4) is 0 Å². The van der Waals surface area contributed by atoms with Gasteiger partial charge in [-0.3, -0.25) is 9.69 Å². The molecule has 0 aromatic heterocycles. The Kier molecular flexibility index (Phi) is 4.80. The summed E-state index contributed by atoms with van der Waals surface area (Å²) in [5.74, 6) is 0.664. The Morgan fingerprint density at radius 1 is 1.24 bits per heavy atom. The van der Waals surface area contributed by atoms with Crippen molar-refractivity contribution in [3.05, 3.63) is 0 Å². The minimum absolute atomic E-state index is 0.146. The number of nitrogens with two attached hydrogens (primary N) is 1. The topological polar surface area (TPSA) is 58.4 Å². The molecule has 2 rings (SSSR count). The smallest absolute Gasteiger partial charge is 0.218 e. The predicted octanol–water partition coefficient (Wildman–Crippen LogP) is 0.716. The molecule has 2 aliphatic heterocycles. The van der Waals surface area contributed by atoms with Crippen molar-refractivity contribution in [3.63, 3.8) is 0 Å². The van der Waals surface area contributed by atoms with Gasteiger partial charge in [0.1, 0.15) is 0 Å². The normalized spacial score (nSPS) is 28.1. The third-order valence-corrected chi connectivity index (χ3v) is 4.14. The summed E-state index contributed by atoms with van der Waals surface area (Å²) < 4.78 is 0. The second kappa shape index (κ2) is 6.36. The number of likely N-dealkylation sites (tertiary alicyclic amines) is 1. The average molecular weight is 239 g/mol. The van der Waals surface area contributed by atoms with Gasteiger partial charge >= 0.3 is 0 Å². The summed E-state index contributed by atoms with van der Waals surface area (Å²) in [6.07, 6.45) is 6.78. The average Bonchev–Trinajstić information content (AvgIpc) is 2.32. The fourth-order valence-electron chi connectivity index (χ4n) is 3.16. The molecule has 0 aromatic rings. The van der Waals surface area contributed by atoms with Crippen molar-refractivity contribution >= 4 is 5.91 Å². The molecule has 4 nitrogen and oxygen atoms in total. The van der Waals surface area contributed by atoms with Gasteiger partial charge in [0.15, 0.2) is 0 Å². The number of hydrogen-bond acceptors (Lipinski definition) is 3. The van der Waals surface area contributed by atoms with Crippen LogP contribution >= 0.6 is 0 Å². The highest BCUT2D eigenvalue weighted by Crippen LogP contribution is 2.23. The van der Waals surface area contributed by atoms with E-state index in [1.165, 1.54) is 32.2 Å². The van der Waals surface area contributed by atoms with Crippen molar-refractivity contribution < 1.29 is 4.79 Å². The Labute approximate surface area is 104 Å². The molecule has 0 aliphatic carbocycles. The lowest BCUT2D eigenvalue weighted by Crippen LogP contribution is -2.45. The third-order valence-electron chi connectivity index (χ3n) is 4.14. The molecule has 4 heteroatoms. The van der Waals surface area contributed by atoms with Gasteiger partial charge in [-0.05, 0) is 51.2 Å². The Balaban J connectivity index is 1.84. The van der Waals surface area contributed by atoms with Gasteiger partial charge in [-0.1, -0.05) is 6.42 Å². The Hall–Kier alpha value is -0.610. The van der Waals surface area contributed by atoms with Gasteiger partial charge in [-0.2, -0.15) is 0 Å². The summed E-state index contributed by atoms with van der Waals surface area (Å²) in [5.41, 5.74) is 5.34. The van der Waals surface area contributed by atoms with E-state index < -0.39 is 0 Å². The van der Waals surface area contributed by atoms with E-state index in [0.29, 0.717) is 12.5 Å². The maximum atomic E-state index is 11.1. The molecular weight excluding hydrogens is 214 g/mol. The van der Waals surface area contributed by atoms with Gasteiger partial charge in [0.25, 0.3) is 0 Å². The molecule has 2 aliphatic rings. The molecule has 98 valence electrons. The van der Waals surface area contributed by atoms with E-state index in [9.17, 15) is 4.79 Å². The van der Waals surface area contributed by atoms with Gasteiger partial charge in [0.2, 0.25) is 5.91 Å². The quantitative estimate of drug-likeness (QED) is 0.760. The number of carbonyl (C=O) groups excluding carboxylic acids is 1. The zero-order valence-corrected chi connectivity index (χ0v) is 10.7. The van der Waals surface area contributed by atoms with Crippen LogP contribution in [-0.4, -0.2) is 43.0 Å². The van der Waals surface area contributed by atoms with Gasteiger partial charge in [0, 0.05) is 19.0 Å². The molecule has 0 aromatic carbocycles. The van der Waals surface area contributed by atoms with Gasteiger partial charge in [0.05, 0.1) is 0 Å². The standard InChI is InChI=1S/C13H25N3O/c14-13(17)9-12-3-1-2-8-16(12)10-11-4-6-15-7-5-11/h11-12,15H,1-10H2,(H2,14,17). The molecule has 0 saturated carbocycles. The number of hydrogen-bond donors (Lipinski definition) is 2. The minimum Gasteiger partial charge on any atom is -0.370 e. The van der Waals surface area contributed by atoms with E-state index in [2.05, 4.69) is 10.2 Å². The number of amides is 1. The van der Waals surface area contributed by atoms with Crippen molar-refractivity contribution in [3.8, 4) is 0 Å². The molecule has 17 heavy (non-hydrogen) atoms. The molecule has 0 radical (unpaired) electrons. The number of carbonyl (C=O) groups is 1. The number of rotatable bonds is 4. The highest BCUT2D eigenvalue weighted by Gasteiger charge is 2.26. The first-order valence-electron chi connectivity index (χ1n) is 6.99. The van der Waals surface area contributed by atoms with Crippen molar-refractivity contribution in [1.82, 2.24) is 10.2 Å². The predicted molar refractivity (Wildman–Crippen MR) is 68.6 cm³/mol. The lowest BCUT2D eigenvalue weighted by molar-refractivity contribution is -0.119. The van der Waals surface area contributed by atoms with E-state index in [0.717, 1.165) is 32.0 Å². The molecule has 2 heterocycles. The summed E-state index contributed by atoms with van der Waals surface area (Å²) in [6, 6.07) is 0.413. The Bertz CT molecular complexity index is 251. The summed E-state index contributed by atoms with van der Waals surface area (Å²) >= 11 is 0. The van der Waals surface area contributed by atoms with Crippen molar-refractivity contribution in [1.29, 1.82) is 0 Å². The summed E-state index contributed by atoms with van der Waals surface area (Å²) in [7, 11) is 0. The molecule has 1 unspecified atom stereocenters. The molecule has 1 atom stereocenters. The van der Waals surface area contributed by atoms with Crippen LogP contribution in [0.15, 0.2) is 0 Å². The zero-order valence-electron chi connectivity index (χ0n) is 10.7. The first-order valence-corrected chi connectivity index (χ1v) is 6.99. The van der Waals surface area contributed by atoms with Crippen LogP contribution in [0.25, 0.3) is 0 Å². The second-order valence-corrected chi connectivity index (χ2v) is 5.51. The van der Waals surface area contributed by atoms with E-state index in [1.807, 2.05) is 0 Å². The summed E-state index contributed by atoms with van der Waals surface area (Å²) in [4.78, 5) is 13.6. The molecule has 2 fully saturated rings. The number of nitrogens with zero attached hydrogens (tertiary/aromatic N) is 1.